The van der Waals surface area contributed by atoms with Crippen LogP contribution in [0.15, 0.2) is 53.1 Å². The van der Waals surface area contributed by atoms with Crippen LogP contribution in [0.3, 0.4) is 0 Å². The van der Waals surface area contributed by atoms with Crippen molar-refractivity contribution in [2.45, 2.75) is 25.8 Å². The molecule has 2 aromatic carbocycles. The summed E-state index contributed by atoms with van der Waals surface area (Å²) >= 11 is 0. The number of nitrogens with one attached hydrogen (secondary N) is 1. The molecule has 0 bridgehead atoms. The van der Waals surface area contributed by atoms with Crippen molar-refractivity contribution in [2.75, 3.05) is 0 Å². The lowest BCUT2D eigenvalue weighted by molar-refractivity contribution is -0.122. The van der Waals surface area contributed by atoms with Gasteiger partial charge in [-0.2, -0.15) is 0 Å². The molecule has 0 aliphatic carbocycles. The lowest BCUT2D eigenvalue weighted by Gasteiger charge is -2.26. The van der Waals surface area contributed by atoms with Crippen molar-refractivity contribution in [3.63, 3.8) is 0 Å². The molecule has 0 atom stereocenters. The number of benzene rings is 2. The van der Waals surface area contributed by atoms with Gasteiger partial charge in [-0.3, -0.25) is 4.79 Å². The summed E-state index contributed by atoms with van der Waals surface area (Å²) in [5, 5.41) is 7.38. The van der Waals surface area contributed by atoms with E-state index in [-0.39, 0.29) is 18.1 Å². The van der Waals surface area contributed by atoms with Crippen LogP contribution in [0, 0.1) is 5.82 Å². The van der Waals surface area contributed by atoms with Gasteiger partial charge in [0.2, 0.25) is 5.91 Å². The molecule has 5 heteroatoms. The van der Waals surface area contributed by atoms with Gasteiger partial charge in [0.15, 0.2) is 5.58 Å². The minimum absolute atomic E-state index is 0.0344. The Kier molecular flexibility index (Phi) is 3.86. The van der Waals surface area contributed by atoms with E-state index in [1.807, 2.05) is 44.2 Å². The van der Waals surface area contributed by atoms with Gasteiger partial charge in [0.25, 0.3) is 0 Å². The molecule has 0 aliphatic rings. The first-order valence-electron chi connectivity index (χ1n) is 7.36. The van der Waals surface area contributed by atoms with Gasteiger partial charge >= 0.3 is 0 Å². The van der Waals surface area contributed by atoms with Gasteiger partial charge in [-0.05, 0) is 37.6 Å². The summed E-state index contributed by atoms with van der Waals surface area (Å²) in [6.45, 7) is 3.86. The van der Waals surface area contributed by atoms with Crippen molar-refractivity contribution in [1.29, 1.82) is 0 Å². The first kappa shape index (κ1) is 15.2. The topological polar surface area (TPSA) is 55.1 Å². The Labute approximate surface area is 133 Å². The SMILES string of the molecule is CC(C)(NC(=O)Cc1noc2ccc(F)cc12)c1ccccc1. The van der Waals surface area contributed by atoms with Crippen LogP contribution in [0.2, 0.25) is 0 Å². The predicted molar refractivity (Wildman–Crippen MR) is 85.3 cm³/mol. The van der Waals surface area contributed by atoms with E-state index in [4.69, 9.17) is 4.52 Å². The van der Waals surface area contributed by atoms with Gasteiger partial charge in [0.05, 0.1) is 12.0 Å². The number of amides is 1. The molecule has 0 aliphatic heterocycles. The highest BCUT2D eigenvalue weighted by atomic mass is 19.1. The maximum absolute atomic E-state index is 13.4. The summed E-state index contributed by atoms with van der Waals surface area (Å²) in [7, 11) is 0. The lowest BCUT2D eigenvalue weighted by atomic mass is 9.94. The summed E-state index contributed by atoms with van der Waals surface area (Å²) < 4.78 is 18.5. The minimum Gasteiger partial charge on any atom is -0.356 e. The maximum atomic E-state index is 13.4. The van der Waals surface area contributed by atoms with Crippen molar-refractivity contribution >= 4 is 16.9 Å². The fourth-order valence-corrected chi connectivity index (χ4v) is 2.56. The number of halogens is 1. The summed E-state index contributed by atoms with van der Waals surface area (Å²) in [4.78, 5) is 12.3. The second-order valence-electron chi connectivity index (χ2n) is 5.99. The van der Waals surface area contributed by atoms with Gasteiger partial charge in [-0.1, -0.05) is 35.5 Å². The van der Waals surface area contributed by atoms with Crippen molar-refractivity contribution in [3.8, 4) is 0 Å². The number of hydrogen-bond acceptors (Lipinski definition) is 3. The van der Waals surface area contributed by atoms with Crippen LogP contribution >= 0.6 is 0 Å². The molecule has 3 rings (SSSR count). The fraction of sp³-hybridized carbons (Fsp3) is 0.222. The van der Waals surface area contributed by atoms with E-state index < -0.39 is 5.54 Å². The molecule has 0 saturated carbocycles. The lowest BCUT2D eigenvalue weighted by Crippen LogP contribution is -2.41. The van der Waals surface area contributed by atoms with Gasteiger partial charge < -0.3 is 9.84 Å². The Morgan fingerprint density at radius 3 is 2.70 bits per heavy atom. The zero-order chi connectivity index (χ0) is 16.4. The summed E-state index contributed by atoms with van der Waals surface area (Å²) in [5.74, 6) is -0.578. The first-order chi connectivity index (χ1) is 11.0. The number of nitrogens with zero attached hydrogens (tertiary/aromatic N) is 1. The number of fused-ring (bicyclic) bond motifs is 1. The van der Waals surface area contributed by atoms with Gasteiger partial charge in [0.1, 0.15) is 11.5 Å². The average Bonchev–Trinajstić information content (AvgIpc) is 2.90. The Balaban J connectivity index is 1.77. The van der Waals surface area contributed by atoms with Crippen LogP contribution in [0.5, 0.6) is 0 Å². The van der Waals surface area contributed by atoms with Gasteiger partial charge in [0, 0.05) is 5.39 Å². The highest BCUT2D eigenvalue weighted by Crippen LogP contribution is 2.22. The standard InChI is InChI=1S/C18H17FN2O2/c1-18(2,12-6-4-3-5-7-12)20-17(22)11-15-14-10-13(19)8-9-16(14)23-21-15/h3-10H,11H2,1-2H3,(H,20,22). The third-order valence-corrected chi connectivity index (χ3v) is 3.78. The molecule has 23 heavy (non-hydrogen) atoms. The van der Waals surface area contributed by atoms with E-state index in [9.17, 15) is 9.18 Å². The van der Waals surface area contributed by atoms with Crippen LogP contribution in [-0.2, 0) is 16.8 Å². The molecule has 0 fully saturated rings. The van der Waals surface area contributed by atoms with E-state index >= 15 is 0 Å². The maximum Gasteiger partial charge on any atom is 0.226 e. The average molecular weight is 312 g/mol. The Morgan fingerprint density at radius 1 is 1.22 bits per heavy atom. The molecular weight excluding hydrogens is 295 g/mol. The van der Waals surface area contributed by atoms with Crippen molar-refractivity contribution < 1.29 is 13.7 Å². The molecule has 1 aromatic heterocycles. The molecule has 118 valence electrons. The molecule has 4 nitrogen and oxygen atoms in total. The van der Waals surface area contributed by atoms with Crippen LogP contribution in [-0.4, -0.2) is 11.1 Å². The van der Waals surface area contributed by atoms with E-state index in [1.165, 1.54) is 18.2 Å². The number of carbonyl (C=O) groups excluding carboxylic acids is 1. The van der Waals surface area contributed by atoms with Crippen LogP contribution in [0.1, 0.15) is 25.1 Å². The molecular formula is C18H17FN2O2. The summed E-state index contributed by atoms with van der Waals surface area (Å²) in [5.41, 5.74) is 1.39. The van der Waals surface area contributed by atoms with Crippen molar-refractivity contribution in [3.05, 3.63) is 65.6 Å². The largest absolute Gasteiger partial charge is 0.356 e. The Hall–Kier alpha value is -2.69. The van der Waals surface area contributed by atoms with Crippen molar-refractivity contribution in [2.24, 2.45) is 0 Å². The summed E-state index contributed by atoms with van der Waals surface area (Å²) in [6, 6.07) is 13.8. The second kappa shape index (κ2) is 5.83. The number of aromatic nitrogens is 1. The number of hydrogen-bond donors (Lipinski definition) is 1. The molecule has 0 saturated heterocycles. The van der Waals surface area contributed by atoms with Crippen molar-refractivity contribution in [1.82, 2.24) is 10.5 Å². The quantitative estimate of drug-likeness (QED) is 0.801. The first-order valence-corrected chi connectivity index (χ1v) is 7.36. The molecule has 0 radical (unpaired) electrons. The molecule has 0 spiro atoms. The fourth-order valence-electron chi connectivity index (χ4n) is 2.56. The van der Waals surface area contributed by atoms with Gasteiger partial charge in [-0.15, -0.1) is 0 Å². The summed E-state index contributed by atoms with van der Waals surface area (Å²) in [6.07, 6.45) is 0.0344. The van der Waals surface area contributed by atoms with Gasteiger partial charge in [-0.25, -0.2) is 4.39 Å². The molecule has 0 unspecified atom stereocenters. The van der Waals surface area contributed by atoms with E-state index in [0.717, 1.165) is 5.56 Å². The van der Waals surface area contributed by atoms with E-state index in [1.54, 1.807) is 0 Å². The Morgan fingerprint density at radius 2 is 1.96 bits per heavy atom. The van der Waals surface area contributed by atoms with E-state index in [2.05, 4.69) is 10.5 Å². The third-order valence-electron chi connectivity index (χ3n) is 3.78. The monoisotopic (exact) mass is 312 g/mol. The minimum atomic E-state index is -0.511. The second-order valence-corrected chi connectivity index (χ2v) is 5.99. The molecule has 1 amide bonds. The van der Waals surface area contributed by atoms with Crippen LogP contribution < -0.4 is 5.32 Å². The highest BCUT2D eigenvalue weighted by molar-refractivity contribution is 5.86. The molecule has 3 aromatic rings. The third kappa shape index (κ3) is 3.23. The normalized spacial score (nSPS) is 11.6. The van der Waals surface area contributed by atoms with Crippen LogP contribution in [0.25, 0.3) is 11.0 Å². The predicted octanol–water partition coefficient (Wildman–Crippen LogP) is 3.56. The zero-order valence-corrected chi connectivity index (χ0v) is 13.0. The number of rotatable bonds is 4. The highest BCUT2D eigenvalue weighted by Gasteiger charge is 2.23. The van der Waals surface area contributed by atoms with Crippen LogP contribution in [0.4, 0.5) is 4.39 Å². The number of carbonyl (C=O) groups is 1. The molecule has 1 N–H and O–H groups in total. The van der Waals surface area contributed by atoms with E-state index in [0.29, 0.717) is 16.7 Å². The smallest absolute Gasteiger partial charge is 0.226 e. The molecule has 1 heterocycles. The zero-order valence-electron chi connectivity index (χ0n) is 13.0. The Bertz CT molecular complexity index is 841.